The number of carbonyl (C=O) groups is 2. The van der Waals surface area contributed by atoms with Crippen LogP contribution in [0, 0.1) is 24.0 Å². The molecular weight excluding hydrogens is 564 g/mol. The van der Waals surface area contributed by atoms with Crippen LogP contribution in [-0.2, 0) is 14.3 Å². The fraction of sp³-hybridized carbons (Fsp3) is 0.300. The van der Waals surface area contributed by atoms with E-state index in [0.717, 1.165) is 18.9 Å². The number of halogens is 2. The SMILES string of the molecule is C#Cc1c(F)ccc2cc(OC=O)cc(-c3ncc4c(N5CC6CCC(C5)N6C(=O)OC(C)OC)nc(=O)[nH]c4c3F)c12. The van der Waals surface area contributed by atoms with Crippen molar-refractivity contribution in [2.75, 3.05) is 25.1 Å². The second kappa shape index (κ2) is 11.0. The number of aromatic amines is 1. The van der Waals surface area contributed by atoms with E-state index in [1.54, 1.807) is 11.8 Å². The molecule has 3 unspecified atom stereocenters. The lowest BCUT2D eigenvalue weighted by Gasteiger charge is -2.41. The number of nitrogens with one attached hydrogen (secondary N) is 1. The van der Waals surface area contributed by atoms with Crippen LogP contribution in [0.1, 0.15) is 25.3 Å². The second-order valence-corrected chi connectivity index (χ2v) is 10.3. The molecule has 2 saturated heterocycles. The summed E-state index contributed by atoms with van der Waals surface area (Å²) < 4.78 is 46.5. The number of terminal acetylenes is 1. The standard InChI is InChI=1S/C30H25F2N5O6/c1-4-20-23(31)8-5-16-9-19(42-14-38)10-21(24(16)20)26-25(32)27-22(11-33-26)28(35-29(39)34-27)36-12-17-6-7-18(13-36)37(17)30(40)43-15(2)41-3/h1,5,8-11,14-15,17-18H,6-7,12-13H2,2-3H3,(H,34,35,39). The van der Waals surface area contributed by atoms with Gasteiger partial charge in [0.1, 0.15) is 23.1 Å². The molecule has 2 bridgehead atoms. The van der Waals surface area contributed by atoms with Gasteiger partial charge in [-0.15, -0.1) is 6.42 Å². The molecule has 11 nitrogen and oxygen atoms in total. The number of carbonyl (C=O) groups excluding carboxylic acids is 2. The number of H-pyrrole nitrogens is 1. The average molecular weight is 590 g/mol. The summed E-state index contributed by atoms with van der Waals surface area (Å²) in [5, 5.41) is 0.809. The Morgan fingerprint density at radius 1 is 1.23 bits per heavy atom. The van der Waals surface area contributed by atoms with Crippen LogP contribution < -0.4 is 15.3 Å². The third-order valence-electron chi connectivity index (χ3n) is 7.92. The van der Waals surface area contributed by atoms with Crippen LogP contribution in [0.25, 0.3) is 32.9 Å². The molecule has 3 atom stereocenters. The minimum atomic E-state index is -0.909. The highest BCUT2D eigenvalue weighted by atomic mass is 19.1. The molecule has 4 aromatic rings. The smallest absolute Gasteiger partial charge is 0.412 e. The van der Waals surface area contributed by atoms with Crippen molar-refractivity contribution in [2.24, 2.45) is 0 Å². The predicted octanol–water partition coefficient (Wildman–Crippen LogP) is 3.72. The van der Waals surface area contributed by atoms with Gasteiger partial charge in [-0.25, -0.2) is 18.4 Å². The van der Waals surface area contributed by atoms with Gasteiger partial charge >= 0.3 is 11.8 Å². The highest BCUT2D eigenvalue weighted by Gasteiger charge is 2.44. The van der Waals surface area contributed by atoms with E-state index in [1.807, 2.05) is 4.90 Å². The average Bonchev–Trinajstić information content (AvgIpc) is 3.26. The molecule has 2 aliphatic rings. The molecule has 0 spiro atoms. The molecule has 2 aliphatic heterocycles. The zero-order valence-corrected chi connectivity index (χ0v) is 23.1. The van der Waals surface area contributed by atoms with E-state index in [9.17, 15) is 18.8 Å². The summed E-state index contributed by atoms with van der Waals surface area (Å²) >= 11 is 0. The van der Waals surface area contributed by atoms with Gasteiger partial charge in [0.25, 0.3) is 6.47 Å². The number of aromatic nitrogens is 3. The molecule has 0 saturated carbocycles. The van der Waals surface area contributed by atoms with Gasteiger partial charge < -0.3 is 24.1 Å². The van der Waals surface area contributed by atoms with E-state index >= 15 is 4.39 Å². The number of hydrogen-bond acceptors (Lipinski definition) is 9. The lowest BCUT2D eigenvalue weighted by atomic mass is 9.95. The van der Waals surface area contributed by atoms with Crippen molar-refractivity contribution >= 4 is 40.1 Å². The van der Waals surface area contributed by atoms with Crippen LogP contribution in [0.15, 0.2) is 35.3 Å². The Labute approximate surface area is 243 Å². The second-order valence-electron chi connectivity index (χ2n) is 10.3. The lowest BCUT2D eigenvalue weighted by molar-refractivity contribution is -0.120. The first-order valence-corrected chi connectivity index (χ1v) is 13.4. The number of fused-ring (bicyclic) bond motifs is 4. The topological polar surface area (TPSA) is 127 Å². The summed E-state index contributed by atoms with van der Waals surface area (Å²) in [6.07, 6.45) is 7.21. The third kappa shape index (κ3) is 4.79. The lowest BCUT2D eigenvalue weighted by Crippen LogP contribution is -2.56. The fourth-order valence-corrected chi connectivity index (χ4v) is 5.99. The van der Waals surface area contributed by atoms with Gasteiger partial charge in [-0.2, -0.15) is 4.98 Å². The van der Waals surface area contributed by atoms with Gasteiger partial charge in [-0.1, -0.05) is 12.0 Å². The van der Waals surface area contributed by atoms with Crippen molar-refractivity contribution in [3.05, 3.63) is 58.1 Å². The normalized spacial score (nSPS) is 18.5. The Morgan fingerprint density at radius 2 is 1.98 bits per heavy atom. The summed E-state index contributed by atoms with van der Waals surface area (Å²) in [6, 6.07) is 4.95. The maximum atomic E-state index is 16.3. The van der Waals surface area contributed by atoms with Crippen LogP contribution >= 0.6 is 0 Å². The van der Waals surface area contributed by atoms with Gasteiger partial charge in [0.05, 0.1) is 28.6 Å². The maximum Gasteiger partial charge on any atom is 0.412 e. The monoisotopic (exact) mass is 589 g/mol. The van der Waals surface area contributed by atoms with Crippen LogP contribution in [0.5, 0.6) is 5.75 Å². The number of benzene rings is 2. The number of methoxy groups -OCH3 is 1. The number of hydrogen-bond donors (Lipinski definition) is 1. The first kappa shape index (κ1) is 28.0. The molecule has 13 heteroatoms. The molecule has 2 aromatic heterocycles. The predicted molar refractivity (Wildman–Crippen MR) is 151 cm³/mol. The summed E-state index contributed by atoms with van der Waals surface area (Å²) in [5.41, 5.74) is -1.27. The van der Waals surface area contributed by atoms with E-state index in [1.165, 1.54) is 31.5 Å². The van der Waals surface area contributed by atoms with Crippen LogP contribution in [0.3, 0.4) is 0 Å². The molecule has 0 radical (unpaired) electrons. The van der Waals surface area contributed by atoms with E-state index in [4.69, 9.17) is 20.6 Å². The number of pyridine rings is 1. The molecule has 4 heterocycles. The van der Waals surface area contributed by atoms with Crippen LogP contribution in [0.4, 0.5) is 19.4 Å². The molecule has 2 aromatic carbocycles. The largest absolute Gasteiger partial charge is 0.429 e. The molecule has 2 fully saturated rings. The first-order valence-electron chi connectivity index (χ1n) is 13.4. The zero-order valence-electron chi connectivity index (χ0n) is 23.1. The van der Waals surface area contributed by atoms with E-state index in [2.05, 4.69) is 20.9 Å². The summed E-state index contributed by atoms with van der Waals surface area (Å²) in [5.74, 6) is 0.968. The molecule has 220 valence electrons. The summed E-state index contributed by atoms with van der Waals surface area (Å²) in [4.78, 5) is 51.1. The first-order chi connectivity index (χ1) is 20.7. The Hall–Kier alpha value is -5.09. The molecule has 43 heavy (non-hydrogen) atoms. The maximum absolute atomic E-state index is 16.3. The van der Waals surface area contributed by atoms with Crippen molar-refractivity contribution in [1.82, 2.24) is 19.9 Å². The van der Waals surface area contributed by atoms with E-state index < -0.39 is 29.7 Å². The van der Waals surface area contributed by atoms with Crippen molar-refractivity contribution in [1.29, 1.82) is 0 Å². The minimum absolute atomic E-state index is 0.0593. The number of nitrogens with zero attached hydrogens (tertiary/aromatic N) is 4. The fourth-order valence-electron chi connectivity index (χ4n) is 5.99. The highest BCUT2D eigenvalue weighted by Crippen LogP contribution is 2.39. The van der Waals surface area contributed by atoms with Crippen molar-refractivity contribution in [3.63, 3.8) is 0 Å². The van der Waals surface area contributed by atoms with E-state index in [-0.39, 0.29) is 63.2 Å². The molecule has 1 N–H and O–H groups in total. The number of anilines is 1. The molecule has 6 rings (SSSR count). The van der Waals surface area contributed by atoms with E-state index in [0.29, 0.717) is 18.5 Å². The Bertz CT molecular complexity index is 1880. The van der Waals surface area contributed by atoms with Crippen LogP contribution in [-0.4, -0.2) is 71.0 Å². The Morgan fingerprint density at radius 3 is 2.65 bits per heavy atom. The molecular formula is C30H25F2N5O6. The minimum Gasteiger partial charge on any atom is -0.429 e. The Balaban J connectivity index is 1.44. The van der Waals surface area contributed by atoms with Gasteiger partial charge in [0, 0.05) is 37.3 Å². The Kier molecular flexibility index (Phi) is 7.15. The number of amides is 1. The van der Waals surface area contributed by atoms with Crippen molar-refractivity contribution < 1.29 is 32.6 Å². The molecule has 0 aliphatic carbocycles. The van der Waals surface area contributed by atoms with Crippen molar-refractivity contribution in [2.45, 2.75) is 38.1 Å². The highest BCUT2D eigenvalue weighted by molar-refractivity contribution is 6.03. The summed E-state index contributed by atoms with van der Waals surface area (Å²) in [7, 11) is 1.44. The van der Waals surface area contributed by atoms with Crippen molar-refractivity contribution in [3.8, 4) is 29.4 Å². The van der Waals surface area contributed by atoms with Gasteiger partial charge in [-0.05, 0) is 43.4 Å². The molecule has 1 amide bonds. The number of piperazine rings is 1. The van der Waals surface area contributed by atoms with Crippen LogP contribution in [0.2, 0.25) is 0 Å². The zero-order chi connectivity index (χ0) is 30.4. The van der Waals surface area contributed by atoms with Gasteiger partial charge in [-0.3, -0.25) is 14.7 Å². The third-order valence-corrected chi connectivity index (χ3v) is 7.92. The summed E-state index contributed by atoms with van der Waals surface area (Å²) in [6.45, 7) is 2.50. The van der Waals surface area contributed by atoms with Gasteiger partial charge in [0.15, 0.2) is 5.82 Å². The number of rotatable bonds is 6. The quantitative estimate of drug-likeness (QED) is 0.203. The number of ether oxygens (including phenoxy) is 3. The van der Waals surface area contributed by atoms with Gasteiger partial charge in [0.2, 0.25) is 6.29 Å².